The van der Waals surface area contributed by atoms with Gasteiger partial charge in [-0.1, -0.05) is 54.4 Å². The van der Waals surface area contributed by atoms with Crippen molar-refractivity contribution >= 4 is 0 Å². The van der Waals surface area contributed by atoms with Gasteiger partial charge >= 0.3 is 0 Å². The van der Waals surface area contributed by atoms with Crippen LogP contribution in [0.15, 0.2) is 0 Å². The smallest absolute Gasteiger partial charge is 0.00694 e. The third-order valence-electron chi connectivity index (χ3n) is 1.92. The lowest BCUT2D eigenvalue weighted by molar-refractivity contribution is 0.471. The van der Waals surface area contributed by atoms with E-state index in [-0.39, 0.29) is 0 Å². The quantitative estimate of drug-likeness (QED) is 0.689. The molecule has 0 unspecified atom stereocenters. The molecule has 82 valence electrons. The van der Waals surface area contributed by atoms with E-state index in [4.69, 9.17) is 0 Å². The maximum atomic E-state index is 3.54. The zero-order chi connectivity index (χ0) is 10.7. The highest BCUT2D eigenvalue weighted by Crippen LogP contribution is 2.17. The summed E-state index contributed by atoms with van der Waals surface area (Å²) in [6.45, 7) is 12.4. The maximum Gasteiger partial charge on any atom is 0.00694 e. The van der Waals surface area contributed by atoms with Gasteiger partial charge in [-0.15, -0.1) is 0 Å². The normalized spacial score (nSPS) is 15.9. The Balaban J connectivity index is 0. The van der Waals surface area contributed by atoms with E-state index in [1.54, 1.807) is 0 Å². The molecule has 0 amide bonds. The summed E-state index contributed by atoms with van der Waals surface area (Å²) in [4.78, 5) is 0. The van der Waals surface area contributed by atoms with Crippen LogP contribution < -0.4 is 5.32 Å². The fourth-order valence-electron chi connectivity index (χ4n) is 1.56. The van der Waals surface area contributed by atoms with Crippen LogP contribution in [0.25, 0.3) is 0 Å². The average Bonchev–Trinajstić information content (AvgIpc) is 2.63. The van der Waals surface area contributed by atoms with Crippen molar-refractivity contribution in [2.24, 2.45) is 0 Å². The molecule has 0 aliphatic heterocycles. The first kappa shape index (κ1) is 15.4. The Morgan fingerprint density at radius 1 is 0.923 bits per heavy atom. The first-order chi connectivity index (χ1) is 6.29. The summed E-state index contributed by atoms with van der Waals surface area (Å²) in [5.74, 6) is 0. The van der Waals surface area contributed by atoms with Crippen molar-refractivity contribution in [1.29, 1.82) is 0 Å². The standard InChI is InChI=1S/C8H17N.2C2H6/c1-7(2)9-8-5-3-4-6-8;2*1-2/h7-9H,3-6H2,1-2H3;2*1-2H3. The molecule has 0 saturated heterocycles. The van der Waals surface area contributed by atoms with E-state index in [1.807, 2.05) is 27.7 Å². The average molecular weight is 187 g/mol. The van der Waals surface area contributed by atoms with Gasteiger partial charge in [-0.3, -0.25) is 0 Å². The van der Waals surface area contributed by atoms with Gasteiger partial charge in [0, 0.05) is 12.1 Å². The lowest BCUT2D eigenvalue weighted by Gasteiger charge is -2.14. The maximum absolute atomic E-state index is 3.54. The van der Waals surface area contributed by atoms with Crippen LogP contribution in [0.5, 0.6) is 0 Å². The summed E-state index contributed by atoms with van der Waals surface area (Å²) < 4.78 is 0. The van der Waals surface area contributed by atoms with Crippen LogP contribution in [0.4, 0.5) is 0 Å². The number of hydrogen-bond acceptors (Lipinski definition) is 1. The SMILES string of the molecule is CC.CC.CC(C)NC1CCCC1. The lowest BCUT2D eigenvalue weighted by Crippen LogP contribution is -2.32. The molecular weight excluding hydrogens is 158 g/mol. The van der Waals surface area contributed by atoms with Crippen LogP contribution in [0.1, 0.15) is 67.2 Å². The molecule has 1 nitrogen and oxygen atoms in total. The Morgan fingerprint density at radius 2 is 1.31 bits per heavy atom. The summed E-state index contributed by atoms with van der Waals surface area (Å²) in [5, 5.41) is 3.54. The van der Waals surface area contributed by atoms with Crippen molar-refractivity contribution in [3.8, 4) is 0 Å². The Bertz CT molecular complexity index is 73.2. The highest BCUT2D eigenvalue weighted by molar-refractivity contribution is 4.74. The molecule has 1 N–H and O–H groups in total. The molecule has 0 aromatic carbocycles. The van der Waals surface area contributed by atoms with Crippen LogP contribution in [0, 0.1) is 0 Å². The molecule has 0 spiro atoms. The van der Waals surface area contributed by atoms with Crippen molar-refractivity contribution < 1.29 is 0 Å². The van der Waals surface area contributed by atoms with E-state index < -0.39 is 0 Å². The fraction of sp³-hybridized carbons (Fsp3) is 1.00. The minimum Gasteiger partial charge on any atom is -0.312 e. The van der Waals surface area contributed by atoms with Gasteiger partial charge in [0.25, 0.3) is 0 Å². The molecule has 1 aliphatic rings. The van der Waals surface area contributed by atoms with Crippen LogP contribution in [0.3, 0.4) is 0 Å². The third-order valence-corrected chi connectivity index (χ3v) is 1.92. The zero-order valence-electron chi connectivity index (χ0n) is 10.5. The highest BCUT2D eigenvalue weighted by Gasteiger charge is 2.14. The molecule has 1 rings (SSSR count). The number of rotatable bonds is 2. The summed E-state index contributed by atoms with van der Waals surface area (Å²) in [6, 6.07) is 1.51. The molecule has 13 heavy (non-hydrogen) atoms. The topological polar surface area (TPSA) is 12.0 Å². The summed E-state index contributed by atoms with van der Waals surface area (Å²) in [5.41, 5.74) is 0. The van der Waals surface area contributed by atoms with E-state index in [1.165, 1.54) is 25.7 Å². The van der Waals surface area contributed by atoms with E-state index in [2.05, 4.69) is 19.2 Å². The van der Waals surface area contributed by atoms with Gasteiger partial charge < -0.3 is 5.32 Å². The molecule has 0 heterocycles. The lowest BCUT2D eigenvalue weighted by atomic mass is 10.2. The predicted molar refractivity (Wildman–Crippen MR) is 63.2 cm³/mol. The van der Waals surface area contributed by atoms with Gasteiger partial charge in [-0.25, -0.2) is 0 Å². The van der Waals surface area contributed by atoms with E-state index >= 15 is 0 Å². The van der Waals surface area contributed by atoms with Gasteiger partial charge in [0.2, 0.25) is 0 Å². The van der Waals surface area contributed by atoms with Crippen LogP contribution >= 0.6 is 0 Å². The summed E-state index contributed by atoms with van der Waals surface area (Å²) in [6.07, 6.45) is 5.67. The third kappa shape index (κ3) is 9.88. The predicted octanol–water partition coefficient (Wildman–Crippen LogP) is 3.98. The van der Waals surface area contributed by atoms with E-state index in [0.717, 1.165) is 6.04 Å². The molecular formula is C12H29N. The van der Waals surface area contributed by atoms with Gasteiger partial charge in [0.15, 0.2) is 0 Å². The van der Waals surface area contributed by atoms with Crippen molar-refractivity contribution in [3.05, 3.63) is 0 Å². The van der Waals surface area contributed by atoms with E-state index in [0.29, 0.717) is 6.04 Å². The molecule has 0 bridgehead atoms. The van der Waals surface area contributed by atoms with Crippen molar-refractivity contribution in [2.45, 2.75) is 79.3 Å². The van der Waals surface area contributed by atoms with Gasteiger partial charge in [0.05, 0.1) is 0 Å². The van der Waals surface area contributed by atoms with Gasteiger partial charge in [-0.2, -0.15) is 0 Å². The molecule has 1 aliphatic carbocycles. The minimum atomic E-state index is 0.674. The number of nitrogens with one attached hydrogen (secondary N) is 1. The Hall–Kier alpha value is -0.0400. The molecule has 0 aromatic rings. The largest absolute Gasteiger partial charge is 0.312 e. The second kappa shape index (κ2) is 12.0. The highest BCUT2D eigenvalue weighted by atomic mass is 14.9. The van der Waals surface area contributed by atoms with Crippen molar-refractivity contribution in [2.75, 3.05) is 0 Å². The molecule has 0 radical (unpaired) electrons. The molecule has 1 fully saturated rings. The van der Waals surface area contributed by atoms with Gasteiger partial charge in [0.1, 0.15) is 0 Å². The van der Waals surface area contributed by atoms with Crippen LogP contribution in [0.2, 0.25) is 0 Å². The Kier molecular flexibility index (Phi) is 14.2. The van der Waals surface area contributed by atoms with Crippen molar-refractivity contribution in [3.63, 3.8) is 0 Å². The van der Waals surface area contributed by atoms with Crippen LogP contribution in [-0.2, 0) is 0 Å². The molecule has 1 heteroatoms. The zero-order valence-corrected chi connectivity index (χ0v) is 10.5. The van der Waals surface area contributed by atoms with Crippen LogP contribution in [-0.4, -0.2) is 12.1 Å². The Labute approximate surface area is 85.3 Å². The fourth-order valence-corrected chi connectivity index (χ4v) is 1.56. The monoisotopic (exact) mass is 187 g/mol. The molecule has 1 saturated carbocycles. The van der Waals surface area contributed by atoms with Gasteiger partial charge in [-0.05, 0) is 12.8 Å². The van der Waals surface area contributed by atoms with E-state index in [9.17, 15) is 0 Å². The van der Waals surface area contributed by atoms with Crippen molar-refractivity contribution in [1.82, 2.24) is 5.32 Å². The summed E-state index contributed by atoms with van der Waals surface area (Å²) >= 11 is 0. The second-order valence-corrected chi connectivity index (χ2v) is 3.30. The first-order valence-corrected chi connectivity index (χ1v) is 6.05. The molecule has 0 aromatic heterocycles. The minimum absolute atomic E-state index is 0.674. The number of hydrogen-bond donors (Lipinski definition) is 1. The first-order valence-electron chi connectivity index (χ1n) is 6.05. The second-order valence-electron chi connectivity index (χ2n) is 3.30. The Morgan fingerprint density at radius 3 is 1.62 bits per heavy atom. The molecule has 0 atom stereocenters. The summed E-state index contributed by atoms with van der Waals surface area (Å²) in [7, 11) is 0.